The fraction of sp³-hybridized carbons (Fsp3) is 0. The maximum atomic E-state index is 3.86. The molecule has 1 aromatic rings. The number of hydrogen-bond donors (Lipinski definition) is 1. The molecule has 0 aliphatic heterocycles. The van der Waals surface area contributed by atoms with Gasteiger partial charge in [-0.3, -0.25) is 0 Å². The van der Waals surface area contributed by atoms with E-state index in [-0.39, 0.29) is 24.0 Å². The van der Waals surface area contributed by atoms with E-state index in [1.807, 2.05) is 0 Å². The van der Waals surface area contributed by atoms with Crippen molar-refractivity contribution in [2.24, 2.45) is 0 Å². The first kappa shape index (κ1) is 7.68. The molecular formula is C5H7IN2. The van der Waals surface area contributed by atoms with Crippen LogP contribution in [0.1, 0.15) is 5.82 Å². The number of nitrogens with zero attached hydrogens (tertiary/aromatic N) is 1. The second kappa shape index (κ2) is 3.65. The second-order valence-corrected chi connectivity index (χ2v) is 1.18. The first-order chi connectivity index (χ1) is 3.43. The van der Waals surface area contributed by atoms with Gasteiger partial charge in [-0.25, -0.2) is 4.98 Å². The van der Waals surface area contributed by atoms with Crippen LogP contribution in [0.4, 0.5) is 0 Å². The van der Waals surface area contributed by atoms with Crippen LogP contribution in [0.2, 0.25) is 0 Å². The molecule has 0 saturated carbocycles. The average Bonchev–Trinajstić information content (AvgIpc) is 2.14. The van der Waals surface area contributed by atoms with Crippen LogP contribution in [0.5, 0.6) is 0 Å². The van der Waals surface area contributed by atoms with E-state index in [1.165, 1.54) is 0 Å². The second-order valence-electron chi connectivity index (χ2n) is 1.18. The van der Waals surface area contributed by atoms with Crippen molar-refractivity contribution in [3.8, 4) is 0 Å². The summed E-state index contributed by atoms with van der Waals surface area (Å²) in [7, 11) is 0. The number of aromatic nitrogens is 2. The molecule has 1 aromatic heterocycles. The summed E-state index contributed by atoms with van der Waals surface area (Å²) < 4.78 is 0. The Hall–Kier alpha value is -0.320. The lowest BCUT2D eigenvalue weighted by Crippen LogP contribution is -1.67. The molecule has 0 saturated heterocycles. The maximum absolute atomic E-state index is 3.86. The normalized spacial score (nSPS) is 7.50. The van der Waals surface area contributed by atoms with Crippen LogP contribution >= 0.6 is 24.0 Å². The van der Waals surface area contributed by atoms with Gasteiger partial charge in [-0.05, 0) is 6.08 Å². The Morgan fingerprint density at radius 1 is 1.75 bits per heavy atom. The summed E-state index contributed by atoms with van der Waals surface area (Å²) in [4.78, 5) is 6.72. The van der Waals surface area contributed by atoms with Crippen molar-refractivity contribution in [3.63, 3.8) is 0 Å². The number of halogens is 1. The minimum Gasteiger partial charge on any atom is -0.345 e. The van der Waals surface area contributed by atoms with Gasteiger partial charge in [0.25, 0.3) is 0 Å². The van der Waals surface area contributed by atoms with E-state index in [2.05, 4.69) is 16.5 Å². The zero-order chi connectivity index (χ0) is 5.11. The van der Waals surface area contributed by atoms with E-state index in [0.717, 1.165) is 5.82 Å². The lowest BCUT2D eigenvalue weighted by molar-refractivity contribution is 1.27. The highest BCUT2D eigenvalue weighted by molar-refractivity contribution is 14.0. The van der Waals surface area contributed by atoms with Gasteiger partial charge in [-0.2, -0.15) is 0 Å². The summed E-state index contributed by atoms with van der Waals surface area (Å²) >= 11 is 0. The predicted octanol–water partition coefficient (Wildman–Crippen LogP) is 1.67. The molecular weight excluding hydrogens is 215 g/mol. The number of rotatable bonds is 1. The Kier molecular flexibility index (Phi) is 3.51. The molecule has 1 rings (SSSR count). The first-order valence-corrected chi connectivity index (χ1v) is 2.05. The lowest BCUT2D eigenvalue weighted by Gasteiger charge is -1.73. The minimum absolute atomic E-state index is 0. The van der Waals surface area contributed by atoms with Gasteiger partial charge in [0.15, 0.2) is 0 Å². The summed E-state index contributed by atoms with van der Waals surface area (Å²) in [5, 5.41) is 0. The molecule has 1 N–H and O–H groups in total. The zero-order valence-corrected chi connectivity index (χ0v) is 6.62. The van der Waals surface area contributed by atoms with E-state index in [4.69, 9.17) is 0 Å². The summed E-state index contributed by atoms with van der Waals surface area (Å²) in [6.07, 6.45) is 5.12. The Morgan fingerprint density at radius 2 is 2.50 bits per heavy atom. The topological polar surface area (TPSA) is 28.7 Å². The van der Waals surface area contributed by atoms with E-state index in [1.54, 1.807) is 18.5 Å². The molecule has 8 heavy (non-hydrogen) atoms. The number of hydrogen-bond acceptors (Lipinski definition) is 1. The molecule has 0 unspecified atom stereocenters. The standard InChI is InChI=1S/C5H6N2.HI/c1-2-5-6-3-4-7-5;/h2-4H,1H2,(H,6,7);1H. The molecule has 0 aromatic carbocycles. The number of aromatic amines is 1. The molecule has 0 fully saturated rings. The molecule has 2 nitrogen and oxygen atoms in total. The third-order valence-electron chi connectivity index (χ3n) is 0.713. The van der Waals surface area contributed by atoms with Gasteiger partial charge in [0.05, 0.1) is 0 Å². The molecule has 0 spiro atoms. The van der Waals surface area contributed by atoms with E-state index < -0.39 is 0 Å². The Morgan fingerprint density at radius 3 is 2.75 bits per heavy atom. The van der Waals surface area contributed by atoms with Crippen LogP contribution < -0.4 is 0 Å². The van der Waals surface area contributed by atoms with Crippen molar-refractivity contribution in [1.29, 1.82) is 0 Å². The van der Waals surface area contributed by atoms with Crippen molar-refractivity contribution in [2.45, 2.75) is 0 Å². The quantitative estimate of drug-likeness (QED) is 0.719. The van der Waals surface area contributed by atoms with E-state index in [0.29, 0.717) is 0 Å². The monoisotopic (exact) mass is 222 g/mol. The molecule has 44 valence electrons. The third-order valence-corrected chi connectivity index (χ3v) is 0.713. The van der Waals surface area contributed by atoms with Gasteiger partial charge in [0.1, 0.15) is 5.82 Å². The summed E-state index contributed by atoms with van der Waals surface area (Å²) in [5.41, 5.74) is 0. The Balaban J connectivity index is 0.000000490. The Bertz CT molecular complexity index is 145. The van der Waals surface area contributed by atoms with Crippen LogP contribution in [0.15, 0.2) is 19.0 Å². The van der Waals surface area contributed by atoms with Crippen molar-refractivity contribution < 1.29 is 0 Å². The highest BCUT2D eigenvalue weighted by Crippen LogP contribution is 1.85. The van der Waals surface area contributed by atoms with Gasteiger partial charge in [0.2, 0.25) is 0 Å². The van der Waals surface area contributed by atoms with E-state index >= 15 is 0 Å². The highest BCUT2D eigenvalue weighted by Gasteiger charge is 1.78. The van der Waals surface area contributed by atoms with E-state index in [9.17, 15) is 0 Å². The maximum Gasteiger partial charge on any atom is 0.129 e. The fourth-order valence-corrected chi connectivity index (χ4v) is 0.389. The molecule has 0 radical (unpaired) electrons. The molecule has 0 aliphatic carbocycles. The first-order valence-electron chi connectivity index (χ1n) is 2.05. The van der Waals surface area contributed by atoms with Gasteiger partial charge >= 0.3 is 0 Å². The summed E-state index contributed by atoms with van der Waals surface area (Å²) in [6.45, 7) is 3.51. The Labute approximate surface area is 65.0 Å². The molecule has 0 bridgehead atoms. The van der Waals surface area contributed by atoms with Crippen LogP contribution in [0, 0.1) is 0 Å². The van der Waals surface area contributed by atoms with Crippen LogP contribution in [-0.4, -0.2) is 9.97 Å². The molecule has 0 amide bonds. The largest absolute Gasteiger partial charge is 0.345 e. The van der Waals surface area contributed by atoms with Gasteiger partial charge in [-0.15, -0.1) is 24.0 Å². The van der Waals surface area contributed by atoms with Crippen LogP contribution in [-0.2, 0) is 0 Å². The minimum atomic E-state index is 0. The number of H-pyrrole nitrogens is 1. The number of imidazole rings is 1. The third kappa shape index (κ3) is 1.65. The van der Waals surface area contributed by atoms with Crippen LogP contribution in [0.25, 0.3) is 6.08 Å². The fourth-order valence-electron chi connectivity index (χ4n) is 0.389. The van der Waals surface area contributed by atoms with Crippen molar-refractivity contribution in [3.05, 3.63) is 24.8 Å². The predicted molar refractivity (Wildman–Crippen MR) is 44.1 cm³/mol. The smallest absolute Gasteiger partial charge is 0.129 e. The summed E-state index contributed by atoms with van der Waals surface area (Å²) in [5.74, 6) is 0.819. The zero-order valence-electron chi connectivity index (χ0n) is 4.29. The average molecular weight is 222 g/mol. The molecule has 0 atom stereocenters. The van der Waals surface area contributed by atoms with Gasteiger partial charge in [0, 0.05) is 12.4 Å². The van der Waals surface area contributed by atoms with Crippen LogP contribution in [0.3, 0.4) is 0 Å². The highest BCUT2D eigenvalue weighted by atomic mass is 127. The SMILES string of the molecule is C=Cc1ncc[nH]1.I. The van der Waals surface area contributed by atoms with Crippen molar-refractivity contribution in [1.82, 2.24) is 9.97 Å². The van der Waals surface area contributed by atoms with Gasteiger partial charge < -0.3 is 4.98 Å². The van der Waals surface area contributed by atoms with Crippen molar-refractivity contribution in [2.75, 3.05) is 0 Å². The molecule has 1 heterocycles. The summed E-state index contributed by atoms with van der Waals surface area (Å²) in [6, 6.07) is 0. The van der Waals surface area contributed by atoms with Gasteiger partial charge in [-0.1, -0.05) is 6.58 Å². The molecule has 3 heteroatoms. The molecule has 0 aliphatic rings. The lowest BCUT2D eigenvalue weighted by atomic mass is 10.6. The number of nitrogens with one attached hydrogen (secondary N) is 1. The van der Waals surface area contributed by atoms with Crippen molar-refractivity contribution >= 4 is 30.1 Å².